The second-order valence-electron chi connectivity index (χ2n) is 8.10. The number of nitrogens with one attached hydrogen (secondary N) is 1. The lowest BCUT2D eigenvalue weighted by Gasteiger charge is -2.33. The Bertz CT molecular complexity index is 787. The van der Waals surface area contributed by atoms with Gasteiger partial charge in [0.25, 0.3) is 0 Å². The second kappa shape index (κ2) is 10.4. The smallest absolute Gasteiger partial charge is 0.236 e. The fourth-order valence-electron chi connectivity index (χ4n) is 4.14. The van der Waals surface area contributed by atoms with Crippen molar-refractivity contribution in [2.75, 3.05) is 32.7 Å². The summed E-state index contributed by atoms with van der Waals surface area (Å²) in [6.45, 7) is 5.71. The number of amides is 1. The van der Waals surface area contributed by atoms with Crippen LogP contribution in [0.4, 0.5) is 0 Å². The average molecular weight is 420 g/mol. The molecule has 7 heteroatoms. The zero-order valence-electron chi connectivity index (χ0n) is 17.3. The summed E-state index contributed by atoms with van der Waals surface area (Å²) < 4.78 is 26.6. The van der Waals surface area contributed by atoms with Gasteiger partial charge >= 0.3 is 0 Å². The van der Waals surface area contributed by atoms with Crippen LogP contribution in [-0.2, 0) is 14.8 Å². The van der Waals surface area contributed by atoms with E-state index in [-0.39, 0.29) is 11.8 Å². The van der Waals surface area contributed by atoms with Gasteiger partial charge in [-0.25, -0.2) is 8.42 Å². The summed E-state index contributed by atoms with van der Waals surface area (Å²) in [6.07, 6.45) is 6.54. The number of nitrogens with zero attached hydrogens (tertiary/aromatic N) is 2. The van der Waals surface area contributed by atoms with E-state index in [2.05, 4.69) is 17.1 Å². The highest BCUT2D eigenvalue weighted by Gasteiger charge is 2.30. The highest BCUT2D eigenvalue weighted by atomic mass is 32.2. The number of piperidine rings is 2. The van der Waals surface area contributed by atoms with Gasteiger partial charge in [-0.3, -0.25) is 9.69 Å². The SMILES string of the molecule is CC1CCCCN1CCNC(=O)C1CCN(S(=O)(=O)C=Cc2ccccc2)CC1. The largest absolute Gasteiger partial charge is 0.355 e. The van der Waals surface area contributed by atoms with Crippen LogP contribution >= 0.6 is 0 Å². The van der Waals surface area contributed by atoms with Gasteiger partial charge in [0.15, 0.2) is 0 Å². The fraction of sp³-hybridized carbons (Fsp3) is 0.591. The van der Waals surface area contributed by atoms with Crippen LogP contribution in [0.1, 0.15) is 44.6 Å². The molecule has 1 atom stereocenters. The zero-order chi connectivity index (χ0) is 20.7. The maximum Gasteiger partial charge on any atom is 0.236 e. The van der Waals surface area contributed by atoms with Crippen LogP contribution < -0.4 is 5.32 Å². The van der Waals surface area contributed by atoms with Gasteiger partial charge in [0, 0.05) is 43.5 Å². The van der Waals surface area contributed by atoms with Gasteiger partial charge in [0.2, 0.25) is 15.9 Å². The van der Waals surface area contributed by atoms with Gasteiger partial charge in [-0.05, 0) is 50.8 Å². The summed E-state index contributed by atoms with van der Waals surface area (Å²) in [6, 6.07) is 9.98. The van der Waals surface area contributed by atoms with Crippen LogP contribution in [0.3, 0.4) is 0 Å². The number of carbonyl (C=O) groups is 1. The lowest BCUT2D eigenvalue weighted by Crippen LogP contribution is -2.45. The van der Waals surface area contributed by atoms with Crippen molar-refractivity contribution in [2.45, 2.75) is 45.1 Å². The van der Waals surface area contributed by atoms with E-state index in [0.29, 0.717) is 38.5 Å². The summed E-state index contributed by atoms with van der Waals surface area (Å²) in [5, 5.41) is 4.32. The molecule has 2 heterocycles. The van der Waals surface area contributed by atoms with Crippen LogP contribution in [0, 0.1) is 5.92 Å². The van der Waals surface area contributed by atoms with Crippen molar-refractivity contribution in [2.24, 2.45) is 5.92 Å². The van der Waals surface area contributed by atoms with Crippen molar-refractivity contribution < 1.29 is 13.2 Å². The second-order valence-corrected chi connectivity index (χ2v) is 9.92. The predicted molar refractivity (Wildman–Crippen MR) is 117 cm³/mol. The molecule has 0 saturated carbocycles. The van der Waals surface area contributed by atoms with Crippen LogP contribution in [0.15, 0.2) is 35.7 Å². The van der Waals surface area contributed by atoms with Crippen LogP contribution in [0.5, 0.6) is 0 Å². The Morgan fingerprint density at radius 3 is 2.52 bits per heavy atom. The van der Waals surface area contributed by atoms with Crippen molar-refractivity contribution in [1.82, 2.24) is 14.5 Å². The molecule has 0 spiro atoms. The maximum atomic E-state index is 12.5. The fourth-order valence-corrected chi connectivity index (χ4v) is 5.37. The van der Waals surface area contributed by atoms with E-state index in [9.17, 15) is 13.2 Å². The van der Waals surface area contributed by atoms with Crippen LogP contribution in [0.2, 0.25) is 0 Å². The van der Waals surface area contributed by atoms with Crippen molar-refractivity contribution in [3.05, 3.63) is 41.3 Å². The molecule has 2 saturated heterocycles. The van der Waals surface area contributed by atoms with Gasteiger partial charge in [-0.2, -0.15) is 4.31 Å². The van der Waals surface area contributed by atoms with Gasteiger partial charge in [0.1, 0.15) is 0 Å². The monoisotopic (exact) mass is 419 g/mol. The number of carbonyl (C=O) groups excluding carboxylic acids is 1. The van der Waals surface area contributed by atoms with E-state index >= 15 is 0 Å². The third-order valence-corrected chi connectivity index (χ3v) is 7.62. The molecular formula is C22H33N3O3S. The molecule has 3 rings (SSSR count). The van der Waals surface area contributed by atoms with Gasteiger partial charge in [0.05, 0.1) is 0 Å². The normalized spacial score (nSPS) is 22.7. The number of sulfonamides is 1. The first-order chi connectivity index (χ1) is 14.0. The van der Waals surface area contributed by atoms with Crippen molar-refractivity contribution in [3.63, 3.8) is 0 Å². The van der Waals surface area contributed by atoms with E-state index in [1.54, 1.807) is 6.08 Å². The molecule has 2 aliphatic heterocycles. The molecule has 6 nitrogen and oxygen atoms in total. The summed E-state index contributed by atoms with van der Waals surface area (Å²) in [4.78, 5) is 14.9. The molecule has 1 aromatic rings. The Hall–Kier alpha value is -1.70. The Morgan fingerprint density at radius 2 is 1.83 bits per heavy atom. The number of hydrogen-bond donors (Lipinski definition) is 1. The molecule has 1 amide bonds. The number of benzene rings is 1. The predicted octanol–water partition coefficient (Wildman–Crippen LogP) is 2.69. The minimum absolute atomic E-state index is 0.0616. The van der Waals surface area contributed by atoms with E-state index < -0.39 is 10.0 Å². The molecule has 1 aromatic carbocycles. The van der Waals surface area contributed by atoms with Crippen LogP contribution in [-0.4, -0.2) is 62.3 Å². The zero-order valence-corrected chi connectivity index (χ0v) is 18.1. The third kappa shape index (κ3) is 6.39. The van der Waals surface area contributed by atoms with Gasteiger partial charge < -0.3 is 5.32 Å². The molecule has 2 fully saturated rings. The van der Waals surface area contributed by atoms with Crippen molar-refractivity contribution >= 4 is 22.0 Å². The first-order valence-corrected chi connectivity index (χ1v) is 12.2. The molecule has 160 valence electrons. The first-order valence-electron chi connectivity index (χ1n) is 10.7. The van der Waals surface area contributed by atoms with Crippen molar-refractivity contribution in [3.8, 4) is 0 Å². The molecule has 1 N–H and O–H groups in total. The molecule has 0 aromatic heterocycles. The Morgan fingerprint density at radius 1 is 1.10 bits per heavy atom. The highest BCUT2D eigenvalue weighted by molar-refractivity contribution is 7.92. The minimum Gasteiger partial charge on any atom is -0.355 e. The Kier molecular flexibility index (Phi) is 7.86. The van der Waals surface area contributed by atoms with E-state index in [0.717, 1.165) is 18.7 Å². The number of rotatable bonds is 7. The average Bonchev–Trinajstić information content (AvgIpc) is 2.74. The standard InChI is InChI=1S/C22H33N3O3S/c1-19-7-5-6-14-24(19)17-13-23-22(26)21-10-15-25(16-11-21)29(27,28)18-12-20-8-3-2-4-9-20/h2-4,8-9,12,18-19,21H,5-7,10-11,13-17H2,1H3,(H,23,26). The lowest BCUT2D eigenvalue weighted by molar-refractivity contribution is -0.126. The molecule has 0 bridgehead atoms. The molecule has 29 heavy (non-hydrogen) atoms. The quantitative estimate of drug-likeness (QED) is 0.738. The molecule has 0 aliphatic carbocycles. The summed E-state index contributed by atoms with van der Waals surface area (Å²) in [7, 11) is -3.45. The minimum atomic E-state index is -3.45. The van der Waals surface area contributed by atoms with E-state index in [1.807, 2.05) is 30.3 Å². The number of hydrogen-bond acceptors (Lipinski definition) is 4. The van der Waals surface area contributed by atoms with Gasteiger partial charge in [-0.1, -0.05) is 36.8 Å². The molecule has 0 radical (unpaired) electrons. The number of likely N-dealkylation sites (tertiary alicyclic amines) is 1. The first kappa shape index (κ1) is 22.0. The Balaban J connectivity index is 1.42. The Labute approximate surface area is 175 Å². The molecule has 1 unspecified atom stereocenters. The van der Waals surface area contributed by atoms with Crippen LogP contribution in [0.25, 0.3) is 6.08 Å². The van der Waals surface area contributed by atoms with Gasteiger partial charge in [-0.15, -0.1) is 0 Å². The maximum absolute atomic E-state index is 12.5. The summed E-state index contributed by atoms with van der Waals surface area (Å²) in [5.74, 6) is -0.0372. The third-order valence-electron chi connectivity index (χ3n) is 6.06. The molecule has 2 aliphatic rings. The highest BCUT2D eigenvalue weighted by Crippen LogP contribution is 2.21. The van der Waals surface area contributed by atoms with E-state index in [4.69, 9.17) is 0 Å². The summed E-state index contributed by atoms with van der Waals surface area (Å²) in [5.41, 5.74) is 0.855. The lowest BCUT2D eigenvalue weighted by atomic mass is 9.97. The van der Waals surface area contributed by atoms with Crippen molar-refractivity contribution in [1.29, 1.82) is 0 Å². The molecular weight excluding hydrogens is 386 g/mol. The van der Waals surface area contributed by atoms with E-state index in [1.165, 1.54) is 29.0 Å². The topological polar surface area (TPSA) is 69.7 Å². The summed E-state index contributed by atoms with van der Waals surface area (Å²) >= 11 is 0.